The summed E-state index contributed by atoms with van der Waals surface area (Å²) in [5.74, 6) is 1.34. The number of carbonyl (C=O) groups excluding carboxylic acids is 1. The maximum absolute atomic E-state index is 12.8. The van der Waals surface area contributed by atoms with Crippen LogP contribution >= 0.6 is 0 Å². The van der Waals surface area contributed by atoms with Crippen molar-refractivity contribution in [2.45, 2.75) is 58.4 Å². The van der Waals surface area contributed by atoms with E-state index in [1.807, 2.05) is 24.3 Å². The van der Waals surface area contributed by atoms with Gasteiger partial charge >= 0.3 is 0 Å². The van der Waals surface area contributed by atoms with E-state index in [0.29, 0.717) is 18.1 Å². The SMILES string of the molecule is CCN1CCN(C2(CNC(=O)c3ccc(OCC(C)C)cc3)CCCCC2)CC1. The summed E-state index contributed by atoms with van der Waals surface area (Å²) in [5, 5.41) is 3.27. The lowest BCUT2D eigenvalue weighted by Crippen LogP contribution is -2.61. The lowest BCUT2D eigenvalue weighted by molar-refractivity contribution is 0.00924. The number of nitrogens with zero attached hydrogens (tertiary/aromatic N) is 2. The van der Waals surface area contributed by atoms with Crippen LogP contribution in [-0.2, 0) is 0 Å². The molecule has 1 saturated carbocycles. The predicted octanol–water partition coefficient (Wildman–Crippen LogP) is 3.79. The lowest BCUT2D eigenvalue weighted by Gasteiger charge is -2.50. The van der Waals surface area contributed by atoms with Crippen molar-refractivity contribution < 1.29 is 9.53 Å². The van der Waals surface area contributed by atoms with Crippen LogP contribution in [0.2, 0.25) is 0 Å². The van der Waals surface area contributed by atoms with Gasteiger partial charge in [0.15, 0.2) is 0 Å². The van der Waals surface area contributed by atoms with Crippen LogP contribution in [0.15, 0.2) is 24.3 Å². The maximum Gasteiger partial charge on any atom is 0.251 e. The van der Waals surface area contributed by atoms with Gasteiger partial charge in [0.2, 0.25) is 0 Å². The topological polar surface area (TPSA) is 44.8 Å². The zero-order valence-electron chi connectivity index (χ0n) is 18.6. The first-order valence-corrected chi connectivity index (χ1v) is 11.5. The fraction of sp³-hybridized carbons (Fsp3) is 0.708. The summed E-state index contributed by atoms with van der Waals surface area (Å²) in [6.07, 6.45) is 6.25. The van der Waals surface area contributed by atoms with E-state index in [0.717, 1.165) is 45.0 Å². The van der Waals surface area contributed by atoms with Gasteiger partial charge in [0.25, 0.3) is 5.91 Å². The molecule has 1 aliphatic heterocycles. The molecule has 5 nitrogen and oxygen atoms in total. The van der Waals surface area contributed by atoms with Crippen LogP contribution in [0.25, 0.3) is 0 Å². The molecule has 0 spiro atoms. The molecule has 1 aliphatic carbocycles. The fourth-order valence-electron chi connectivity index (χ4n) is 4.67. The summed E-state index contributed by atoms with van der Waals surface area (Å²) < 4.78 is 5.73. The van der Waals surface area contributed by atoms with Crippen LogP contribution in [0.4, 0.5) is 0 Å². The standard InChI is InChI=1S/C24H39N3O2/c1-4-26-14-16-27(17-15-26)24(12-6-5-7-13-24)19-25-23(28)21-8-10-22(11-9-21)29-18-20(2)3/h8-11,20H,4-7,12-19H2,1-3H3,(H,25,28). The lowest BCUT2D eigenvalue weighted by atomic mass is 9.79. The van der Waals surface area contributed by atoms with Gasteiger partial charge in [0.05, 0.1) is 6.61 Å². The van der Waals surface area contributed by atoms with Gasteiger partial charge in [-0.2, -0.15) is 0 Å². The van der Waals surface area contributed by atoms with Crippen molar-refractivity contribution in [1.82, 2.24) is 15.1 Å². The molecule has 0 bridgehead atoms. The second kappa shape index (κ2) is 10.4. The van der Waals surface area contributed by atoms with E-state index >= 15 is 0 Å². The largest absolute Gasteiger partial charge is 0.493 e. The highest BCUT2D eigenvalue weighted by Gasteiger charge is 2.39. The minimum absolute atomic E-state index is 0.0255. The van der Waals surface area contributed by atoms with Gasteiger partial charge in [-0.05, 0) is 49.6 Å². The first-order valence-electron chi connectivity index (χ1n) is 11.5. The van der Waals surface area contributed by atoms with Crippen LogP contribution < -0.4 is 10.1 Å². The fourth-order valence-corrected chi connectivity index (χ4v) is 4.67. The summed E-state index contributed by atoms with van der Waals surface area (Å²) in [7, 11) is 0. The minimum Gasteiger partial charge on any atom is -0.493 e. The Morgan fingerprint density at radius 3 is 2.31 bits per heavy atom. The van der Waals surface area contributed by atoms with Gasteiger partial charge in [0.1, 0.15) is 5.75 Å². The molecule has 162 valence electrons. The van der Waals surface area contributed by atoms with Gasteiger partial charge in [-0.3, -0.25) is 9.69 Å². The van der Waals surface area contributed by atoms with Crippen LogP contribution in [-0.4, -0.2) is 67.1 Å². The number of amides is 1. The Morgan fingerprint density at radius 2 is 1.72 bits per heavy atom. The number of nitrogens with one attached hydrogen (secondary N) is 1. The van der Waals surface area contributed by atoms with Crippen molar-refractivity contribution in [3.63, 3.8) is 0 Å². The van der Waals surface area contributed by atoms with Crippen molar-refractivity contribution in [1.29, 1.82) is 0 Å². The van der Waals surface area contributed by atoms with Crippen molar-refractivity contribution in [3.8, 4) is 5.75 Å². The molecular formula is C24H39N3O2. The van der Waals surface area contributed by atoms with E-state index in [-0.39, 0.29) is 11.4 Å². The van der Waals surface area contributed by atoms with E-state index in [1.54, 1.807) is 0 Å². The molecule has 1 heterocycles. The molecular weight excluding hydrogens is 362 g/mol. The van der Waals surface area contributed by atoms with Crippen LogP contribution in [0.3, 0.4) is 0 Å². The van der Waals surface area contributed by atoms with E-state index in [9.17, 15) is 4.79 Å². The minimum atomic E-state index is 0.0255. The second-order valence-corrected chi connectivity index (χ2v) is 9.12. The van der Waals surface area contributed by atoms with E-state index < -0.39 is 0 Å². The van der Waals surface area contributed by atoms with Crippen LogP contribution in [0.5, 0.6) is 5.75 Å². The molecule has 3 rings (SSSR count). The molecule has 29 heavy (non-hydrogen) atoms. The monoisotopic (exact) mass is 401 g/mol. The highest BCUT2D eigenvalue weighted by atomic mass is 16.5. The molecule has 1 N–H and O–H groups in total. The van der Waals surface area contributed by atoms with Gasteiger partial charge in [-0.15, -0.1) is 0 Å². The Hall–Kier alpha value is -1.59. The average molecular weight is 402 g/mol. The Kier molecular flexibility index (Phi) is 7.96. The maximum atomic E-state index is 12.8. The number of ether oxygens (including phenoxy) is 1. The Labute approximate surface area is 176 Å². The molecule has 5 heteroatoms. The zero-order valence-corrected chi connectivity index (χ0v) is 18.6. The first kappa shape index (κ1) is 22.1. The third kappa shape index (κ3) is 5.95. The van der Waals surface area contributed by atoms with E-state index in [2.05, 4.69) is 35.9 Å². The van der Waals surface area contributed by atoms with Crippen molar-refractivity contribution >= 4 is 5.91 Å². The second-order valence-electron chi connectivity index (χ2n) is 9.12. The average Bonchev–Trinajstić information content (AvgIpc) is 2.77. The van der Waals surface area contributed by atoms with Crippen molar-refractivity contribution in [3.05, 3.63) is 29.8 Å². The van der Waals surface area contributed by atoms with Gasteiger partial charge in [0, 0.05) is 43.8 Å². The van der Waals surface area contributed by atoms with Gasteiger partial charge in [-0.25, -0.2) is 0 Å². The molecule has 1 amide bonds. The summed E-state index contributed by atoms with van der Waals surface area (Å²) >= 11 is 0. The third-order valence-corrected chi connectivity index (χ3v) is 6.55. The quantitative estimate of drug-likeness (QED) is 0.720. The highest BCUT2D eigenvalue weighted by molar-refractivity contribution is 5.94. The van der Waals surface area contributed by atoms with Crippen LogP contribution in [0.1, 0.15) is 63.2 Å². The Balaban J connectivity index is 1.58. The highest BCUT2D eigenvalue weighted by Crippen LogP contribution is 2.34. The molecule has 0 radical (unpaired) electrons. The normalized spacial score (nSPS) is 20.6. The van der Waals surface area contributed by atoms with E-state index in [4.69, 9.17) is 4.74 Å². The summed E-state index contributed by atoms with van der Waals surface area (Å²) in [6, 6.07) is 7.55. The molecule has 1 saturated heterocycles. The predicted molar refractivity (Wildman–Crippen MR) is 119 cm³/mol. The Bertz CT molecular complexity index is 630. The summed E-state index contributed by atoms with van der Waals surface area (Å²) in [5.41, 5.74) is 0.845. The number of benzene rings is 1. The summed E-state index contributed by atoms with van der Waals surface area (Å²) in [6.45, 7) is 13.6. The molecule has 2 aliphatic rings. The number of hydrogen-bond acceptors (Lipinski definition) is 4. The number of hydrogen-bond donors (Lipinski definition) is 1. The van der Waals surface area contributed by atoms with Crippen molar-refractivity contribution in [2.24, 2.45) is 5.92 Å². The van der Waals surface area contributed by atoms with Crippen molar-refractivity contribution in [2.75, 3.05) is 45.9 Å². The Morgan fingerprint density at radius 1 is 1.07 bits per heavy atom. The molecule has 1 aromatic carbocycles. The van der Waals surface area contributed by atoms with Gasteiger partial charge < -0.3 is 15.0 Å². The number of likely N-dealkylation sites (N-methyl/N-ethyl adjacent to an activating group) is 1. The van der Waals surface area contributed by atoms with Gasteiger partial charge in [-0.1, -0.05) is 40.0 Å². The zero-order chi connectivity index (χ0) is 20.7. The third-order valence-electron chi connectivity index (χ3n) is 6.55. The molecule has 2 fully saturated rings. The smallest absolute Gasteiger partial charge is 0.251 e. The number of carbonyl (C=O) groups is 1. The number of rotatable bonds is 8. The summed E-state index contributed by atoms with van der Waals surface area (Å²) in [4.78, 5) is 18.0. The van der Waals surface area contributed by atoms with Crippen LogP contribution in [0, 0.1) is 5.92 Å². The molecule has 0 aromatic heterocycles. The molecule has 0 unspecified atom stereocenters. The number of piperazine rings is 1. The molecule has 0 atom stereocenters. The molecule has 1 aromatic rings. The first-order chi connectivity index (χ1) is 14.0. The van der Waals surface area contributed by atoms with E-state index in [1.165, 1.54) is 32.1 Å².